The molecule has 1 N–H and O–H groups in total. The van der Waals surface area contributed by atoms with Gasteiger partial charge in [0.25, 0.3) is 0 Å². The predicted molar refractivity (Wildman–Crippen MR) is 135 cm³/mol. The summed E-state index contributed by atoms with van der Waals surface area (Å²) in [6, 6.07) is 12.0. The molecule has 0 aliphatic heterocycles. The number of rotatable bonds is 12. The highest BCUT2D eigenvalue weighted by Gasteiger charge is 2.33. The van der Waals surface area contributed by atoms with Crippen molar-refractivity contribution in [1.29, 1.82) is 0 Å². The summed E-state index contributed by atoms with van der Waals surface area (Å²) < 4.78 is 42.4. The molecular weight excluding hydrogens is 471 g/mol. The predicted octanol–water partition coefficient (Wildman–Crippen LogP) is 3.08. The molecule has 0 aromatic heterocycles. The van der Waals surface area contributed by atoms with E-state index < -0.39 is 34.5 Å². The molecule has 35 heavy (non-hydrogen) atoms. The van der Waals surface area contributed by atoms with Crippen LogP contribution in [0.1, 0.15) is 37.8 Å². The Morgan fingerprint density at radius 2 is 1.69 bits per heavy atom. The first kappa shape index (κ1) is 28.3. The van der Waals surface area contributed by atoms with E-state index >= 15 is 0 Å². The summed E-state index contributed by atoms with van der Waals surface area (Å²) in [5.41, 5.74) is 1.58. The van der Waals surface area contributed by atoms with Crippen LogP contribution in [-0.4, -0.2) is 62.7 Å². The molecule has 1 unspecified atom stereocenters. The van der Waals surface area contributed by atoms with Crippen molar-refractivity contribution < 1.29 is 22.4 Å². The van der Waals surface area contributed by atoms with Gasteiger partial charge in [0, 0.05) is 27.2 Å². The van der Waals surface area contributed by atoms with E-state index in [4.69, 9.17) is 0 Å². The van der Waals surface area contributed by atoms with Crippen molar-refractivity contribution in [3.63, 3.8) is 0 Å². The number of hydrogen-bond acceptors (Lipinski definition) is 4. The van der Waals surface area contributed by atoms with Gasteiger partial charge in [0.2, 0.25) is 11.8 Å². The molecule has 1 atom stereocenters. The second-order valence-electron chi connectivity index (χ2n) is 8.58. The van der Waals surface area contributed by atoms with Gasteiger partial charge in [0.05, 0.1) is 5.69 Å². The standard InChI is InChI=1S/C25H35FN4O4S/c1-6-7-16-27-25(32)20(3)29(17-21-14-12-19(2)13-15-21)24(31)18-30(35(33,34)28(4)5)23-11-9-8-10-22(23)26/h8-15,20H,6-7,16-18H2,1-5H3,(H,27,32). The van der Waals surface area contributed by atoms with Crippen LogP contribution in [0.25, 0.3) is 0 Å². The Morgan fingerprint density at radius 1 is 1.06 bits per heavy atom. The molecule has 10 heteroatoms. The highest BCUT2D eigenvalue weighted by atomic mass is 32.2. The van der Waals surface area contributed by atoms with Crippen LogP contribution < -0.4 is 9.62 Å². The van der Waals surface area contributed by atoms with Gasteiger partial charge in [-0.25, -0.2) is 8.70 Å². The fraction of sp³-hybridized carbons (Fsp3) is 0.440. The minimum absolute atomic E-state index is 0.0919. The SMILES string of the molecule is CCCCNC(=O)C(C)N(Cc1ccc(C)cc1)C(=O)CN(c1ccccc1F)S(=O)(=O)N(C)C. The lowest BCUT2D eigenvalue weighted by Crippen LogP contribution is -2.52. The summed E-state index contributed by atoms with van der Waals surface area (Å²) in [7, 11) is -1.59. The molecule has 0 saturated carbocycles. The number of unbranched alkanes of at least 4 members (excludes halogenated alkanes) is 1. The Bertz CT molecular complexity index is 1110. The lowest BCUT2D eigenvalue weighted by atomic mass is 10.1. The van der Waals surface area contributed by atoms with E-state index in [2.05, 4.69) is 5.32 Å². The number of aryl methyl sites for hydroxylation is 1. The third kappa shape index (κ3) is 7.50. The normalized spacial score (nSPS) is 12.3. The van der Waals surface area contributed by atoms with Crippen LogP contribution in [0.2, 0.25) is 0 Å². The Balaban J connectivity index is 2.42. The van der Waals surface area contributed by atoms with Crippen molar-refractivity contribution in [1.82, 2.24) is 14.5 Å². The van der Waals surface area contributed by atoms with Gasteiger partial charge < -0.3 is 10.2 Å². The Hall–Kier alpha value is -2.98. The number of carbonyl (C=O) groups is 2. The molecule has 2 rings (SSSR count). The van der Waals surface area contributed by atoms with E-state index in [1.807, 2.05) is 38.1 Å². The molecule has 0 heterocycles. The maximum Gasteiger partial charge on any atom is 0.304 e. The van der Waals surface area contributed by atoms with Crippen molar-refractivity contribution in [3.05, 3.63) is 65.5 Å². The molecule has 0 saturated heterocycles. The van der Waals surface area contributed by atoms with E-state index in [0.717, 1.165) is 38.6 Å². The second kappa shape index (κ2) is 12.6. The highest BCUT2D eigenvalue weighted by molar-refractivity contribution is 7.90. The zero-order chi connectivity index (χ0) is 26.2. The van der Waals surface area contributed by atoms with E-state index in [1.54, 1.807) is 6.92 Å². The minimum Gasteiger partial charge on any atom is -0.354 e. The number of nitrogens with one attached hydrogen (secondary N) is 1. The summed E-state index contributed by atoms with van der Waals surface area (Å²) in [5, 5.41) is 2.82. The smallest absolute Gasteiger partial charge is 0.304 e. The van der Waals surface area contributed by atoms with Crippen LogP contribution in [0.3, 0.4) is 0 Å². The molecular formula is C25H35FN4O4S. The molecule has 2 aromatic carbocycles. The molecule has 0 fully saturated rings. The lowest BCUT2D eigenvalue weighted by Gasteiger charge is -2.33. The van der Waals surface area contributed by atoms with Crippen molar-refractivity contribution in [2.24, 2.45) is 0 Å². The third-order valence-corrected chi connectivity index (χ3v) is 7.42. The first-order valence-corrected chi connectivity index (χ1v) is 13.0. The third-order valence-electron chi connectivity index (χ3n) is 5.61. The van der Waals surface area contributed by atoms with Crippen LogP contribution in [0.5, 0.6) is 0 Å². The summed E-state index contributed by atoms with van der Waals surface area (Å²) in [5.74, 6) is -1.75. The number of para-hydroxylation sites is 1. The van der Waals surface area contributed by atoms with Crippen LogP contribution in [-0.2, 0) is 26.3 Å². The first-order valence-electron chi connectivity index (χ1n) is 11.6. The van der Waals surface area contributed by atoms with Gasteiger partial charge in [0.15, 0.2) is 0 Å². The maximum absolute atomic E-state index is 14.6. The monoisotopic (exact) mass is 506 g/mol. The molecule has 8 nitrogen and oxygen atoms in total. The fourth-order valence-electron chi connectivity index (χ4n) is 3.36. The van der Waals surface area contributed by atoms with E-state index in [0.29, 0.717) is 6.54 Å². The molecule has 192 valence electrons. The Morgan fingerprint density at radius 3 is 2.26 bits per heavy atom. The summed E-state index contributed by atoms with van der Waals surface area (Å²) in [6.07, 6.45) is 1.70. The number of anilines is 1. The van der Waals surface area contributed by atoms with Crippen LogP contribution in [0.15, 0.2) is 48.5 Å². The van der Waals surface area contributed by atoms with E-state index in [1.165, 1.54) is 37.2 Å². The zero-order valence-corrected chi connectivity index (χ0v) is 21.8. The van der Waals surface area contributed by atoms with Crippen molar-refractivity contribution in [2.75, 3.05) is 31.5 Å². The van der Waals surface area contributed by atoms with Crippen LogP contribution in [0.4, 0.5) is 10.1 Å². The van der Waals surface area contributed by atoms with Gasteiger partial charge in [-0.15, -0.1) is 0 Å². The first-order chi connectivity index (χ1) is 16.5. The highest BCUT2D eigenvalue weighted by Crippen LogP contribution is 2.24. The molecule has 0 radical (unpaired) electrons. The van der Waals surface area contributed by atoms with E-state index in [9.17, 15) is 22.4 Å². The van der Waals surface area contributed by atoms with Gasteiger partial charge in [-0.05, 0) is 38.0 Å². The summed E-state index contributed by atoms with van der Waals surface area (Å²) >= 11 is 0. The zero-order valence-electron chi connectivity index (χ0n) is 21.0. The van der Waals surface area contributed by atoms with Crippen molar-refractivity contribution in [2.45, 2.75) is 46.2 Å². The van der Waals surface area contributed by atoms with Gasteiger partial charge >= 0.3 is 10.2 Å². The Labute approximate surface area is 207 Å². The molecule has 2 amide bonds. The summed E-state index contributed by atoms with van der Waals surface area (Å²) in [4.78, 5) is 27.7. The number of carbonyl (C=O) groups excluding carboxylic acids is 2. The molecule has 0 aliphatic rings. The average molecular weight is 507 g/mol. The van der Waals surface area contributed by atoms with Crippen LogP contribution in [0, 0.1) is 12.7 Å². The average Bonchev–Trinajstić information content (AvgIpc) is 2.82. The topological polar surface area (TPSA) is 90.0 Å². The number of amides is 2. The largest absolute Gasteiger partial charge is 0.354 e. The molecule has 0 aliphatic carbocycles. The second-order valence-corrected chi connectivity index (χ2v) is 10.6. The minimum atomic E-state index is -4.21. The maximum atomic E-state index is 14.6. The van der Waals surface area contributed by atoms with Gasteiger partial charge in [0.1, 0.15) is 18.4 Å². The quantitative estimate of drug-likeness (QED) is 0.448. The Kier molecular flexibility index (Phi) is 10.2. The lowest BCUT2D eigenvalue weighted by molar-refractivity contribution is -0.139. The summed E-state index contributed by atoms with van der Waals surface area (Å²) in [6.45, 7) is 5.44. The number of halogens is 1. The number of benzene rings is 2. The molecule has 2 aromatic rings. The van der Waals surface area contributed by atoms with Gasteiger partial charge in [-0.3, -0.25) is 9.59 Å². The van der Waals surface area contributed by atoms with Gasteiger partial charge in [-0.2, -0.15) is 12.7 Å². The number of hydrogen-bond donors (Lipinski definition) is 1. The fourth-order valence-corrected chi connectivity index (χ4v) is 4.43. The van der Waals surface area contributed by atoms with Crippen LogP contribution >= 0.6 is 0 Å². The molecule has 0 spiro atoms. The van der Waals surface area contributed by atoms with Gasteiger partial charge in [-0.1, -0.05) is 55.3 Å². The molecule has 0 bridgehead atoms. The van der Waals surface area contributed by atoms with Crippen molar-refractivity contribution in [3.8, 4) is 0 Å². The van der Waals surface area contributed by atoms with Crippen molar-refractivity contribution >= 4 is 27.7 Å². The van der Waals surface area contributed by atoms with E-state index in [-0.39, 0.29) is 18.1 Å². The number of nitrogens with zero attached hydrogens (tertiary/aromatic N) is 3.